The van der Waals surface area contributed by atoms with Crippen molar-refractivity contribution in [2.75, 3.05) is 18.5 Å². The quantitative estimate of drug-likeness (QED) is 0.208. The summed E-state index contributed by atoms with van der Waals surface area (Å²) in [5, 5.41) is 7.49. The number of carbonyl (C=O) groups is 2. The predicted octanol–water partition coefficient (Wildman–Crippen LogP) is 6.05. The highest BCUT2D eigenvalue weighted by molar-refractivity contribution is 6.39. The number of rotatable bonds is 12. The molecule has 2 aromatic heterocycles. The van der Waals surface area contributed by atoms with Crippen LogP contribution in [-0.2, 0) is 17.9 Å². The van der Waals surface area contributed by atoms with Gasteiger partial charge in [0.25, 0.3) is 25.2 Å². The summed E-state index contributed by atoms with van der Waals surface area (Å²) in [5.41, 5.74) is -1.21. The molecule has 2 amide bonds. The molecule has 230 valence electrons. The Balaban J connectivity index is 2.08. The van der Waals surface area contributed by atoms with E-state index in [9.17, 15) is 35.9 Å². The molecule has 17 heteroatoms. The maximum atomic E-state index is 13.6. The lowest BCUT2D eigenvalue weighted by atomic mass is 9.95. The van der Waals surface area contributed by atoms with Crippen LogP contribution in [0, 0.1) is 5.41 Å². The highest BCUT2D eigenvalue weighted by Gasteiger charge is 2.25. The molecule has 0 bridgehead atoms. The summed E-state index contributed by atoms with van der Waals surface area (Å²) in [5.74, 6) is -2.37. The van der Waals surface area contributed by atoms with Crippen LogP contribution < -0.4 is 20.7 Å². The molecule has 0 atom stereocenters. The van der Waals surface area contributed by atoms with E-state index in [0.717, 1.165) is 10.6 Å². The Kier molecular flexibility index (Phi) is 10.8. The third-order valence-corrected chi connectivity index (χ3v) is 6.29. The predicted molar refractivity (Wildman–Crippen MR) is 144 cm³/mol. The molecule has 2 heterocycles. The SMILES string of the molecule is CC(C)(C)C(=O)NCc1ccc(Cl)c(Nc2nc3cc(C(=O)NCC(F)F)c(OCC(F)F)nc3n2CC(F)F)c1Cl. The Labute approximate surface area is 245 Å². The Morgan fingerprint density at radius 3 is 2.29 bits per heavy atom. The molecule has 0 spiro atoms. The summed E-state index contributed by atoms with van der Waals surface area (Å²) >= 11 is 12.9. The molecular weight excluding hydrogens is 617 g/mol. The highest BCUT2D eigenvalue weighted by Crippen LogP contribution is 2.37. The molecule has 0 aliphatic heterocycles. The molecule has 0 saturated carbocycles. The Morgan fingerprint density at radius 1 is 1.00 bits per heavy atom. The lowest BCUT2D eigenvalue weighted by molar-refractivity contribution is -0.128. The molecule has 0 saturated heterocycles. The number of nitrogens with zero attached hydrogens (tertiary/aromatic N) is 3. The Hall–Kier alpha value is -3.46. The molecule has 0 radical (unpaired) electrons. The van der Waals surface area contributed by atoms with Gasteiger partial charge in [-0.25, -0.2) is 31.3 Å². The number of halogens is 8. The van der Waals surface area contributed by atoms with Gasteiger partial charge in [0.15, 0.2) is 12.3 Å². The standard InChI is InChI=1S/C25H26Cl2F6N6O3/c1-25(2,3)23(41)35-7-11-4-5-13(26)19(18(11)27)37-24-36-14-6-12(21(40)34-8-15(28)29)22(42-10-17(32)33)38-20(14)39(24)9-16(30)31/h4-6,15-17H,7-10H2,1-3H3,(H,34,40)(H,35,41)(H,36,37). The van der Waals surface area contributed by atoms with Gasteiger partial charge in [0.2, 0.25) is 17.7 Å². The van der Waals surface area contributed by atoms with E-state index < -0.39 is 61.7 Å². The second-order valence-corrected chi connectivity index (χ2v) is 10.7. The van der Waals surface area contributed by atoms with Gasteiger partial charge in [0.05, 0.1) is 28.8 Å². The number of amides is 2. The number of pyridine rings is 1. The van der Waals surface area contributed by atoms with Crippen LogP contribution in [0.5, 0.6) is 5.88 Å². The second-order valence-electron chi connectivity index (χ2n) is 9.88. The number of hydrogen-bond donors (Lipinski definition) is 3. The third kappa shape index (κ3) is 8.31. The zero-order chi connectivity index (χ0) is 31.4. The van der Waals surface area contributed by atoms with E-state index in [4.69, 9.17) is 27.9 Å². The first-order chi connectivity index (χ1) is 19.6. The number of aromatic nitrogens is 3. The van der Waals surface area contributed by atoms with Crippen LogP contribution in [0.3, 0.4) is 0 Å². The van der Waals surface area contributed by atoms with Gasteiger partial charge in [-0.2, -0.15) is 4.98 Å². The minimum Gasteiger partial charge on any atom is -0.471 e. The van der Waals surface area contributed by atoms with Crippen LogP contribution in [-0.4, -0.2) is 58.8 Å². The monoisotopic (exact) mass is 642 g/mol. The van der Waals surface area contributed by atoms with E-state index in [-0.39, 0.29) is 45.3 Å². The van der Waals surface area contributed by atoms with Crippen LogP contribution in [0.2, 0.25) is 10.0 Å². The number of hydrogen-bond acceptors (Lipinski definition) is 6. The van der Waals surface area contributed by atoms with E-state index >= 15 is 0 Å². The normalized spacial score (nSPS) is 12.0. The number of carbonyl (C=O) groups excluding carboxylic acids is 2. The fourth-order valence-electron chi connectivity index (χ4n) is 3.52. The fraction of sp³-hybridized carbons (Fsp3) is 0.440. The van der Waals surface area contributed by atoms with Crippen molar-refractivity contribution in [3.8, 4) is 5.88 Å². The van der Waals surface area contributed by atoms with Crippen LogP contribution in [0.15, 0.2) is 18.2 Å². The molecular formula is C25H26Cl2F6N6O3. The molecule has 0 fully saturated rings. The van der Waals surface area contributed by atoms with Crippen LogP contribution in [0.4, 0.5) is 38.0 Å². The number of imidazole rings is 1. The topological polar surface area (TPSA) is 110 Å². The van der Waals surface area contributed by atoms with Gasteiger partial charge in [0.1, 0.15) is 11.1 Å². The first-order valence-corrected chi connectivity index (χ1v) is 13.0. The number of alkyl halides is 6. The van der Waals surface area contributed by atoms with Gasteiger partial charge in [-0.15, -0.1) is 0 Å². The zero-order valence-corrected chi connectivity index (χ0v) is 23.9. The van der Waals surface area contributed by atoms with Crippen LogP contribution in [0.25, 0.3) is 11.2 Å². The van der Waals surface area contributed by atoms with Crippen LogP contribution in [0.1, 0.15) is 36.7 Å². The molecule has 3 N–H and O–H groups in total. The highest BCUT2D eigenvalue weighted by atomic mass is 35.5. The van der Waals surface area contributed by atoms with E-state index in [0.29, 0.717) is 5.56 Å². The minimum atomic E-state index is -2.99. The van der Waals surface area contributed by atoms with Crippen molar-refractivity contribution >= 4 is 57.8 Å². The first kappa shape index (κ1) is 33.0. The molecule has 3 rings (SSSR count). The van der Waals surface area contributed by atoms with Crippen molar-refractivity contribution in [1.29, 1.82) is 0 Å². The van der Waals surface area contributed by atoms with E-state index in [1.807, 2.05) is 5.32 Å². The third-order valence-electron chi connectivity index (χ3n) is 5.54. The summed E-state index contributed by atoms with van der Waals surface area (Å²) in [4.78, 5) is 33.0. The molecule has 0 unspecified atom stereocenters. The first-order valence-electron chi connectivity index (χ1n) is 12.3. The average molecular weight is 643 g/mol. The number of fused-ring (bicyclic) bond motifs is 1. The summed E-state index contributed by atoms with van der Waals surface area (Å²) in [6, 6.07) is 3.99. The summed E-state index contributed by atoms with van der Waals surface area (Å²) in [7, 11) is 0. The van der Waals surface area contributed by atoms with Crippen LogP contribution >= 0.6 is 23.2 Å². The number of benzene rings is 1. The van der Waals surface area contributed by atoms with E-state index in [2.05, 4.69) is 20.6 Å². The van der Waals surface area contributed by atoms with Gasteiger partial charge < -0.3 is 20.7 Å². The van der Waals surface area contributed by atoms with E-state index in [1.54, 1.807) is 26.8 Å². The average Bonchev–Trinajstić information content (AvgIpc) is 3.21. The van der Waals surface area contributed by atoms with Gasteiger partial charge in [0, 0.05) is 12.0 Å². The molecule has 1 aromatic carbocycles. The molecule has 9 nitrogen and oxygen atoms in total. The maximum Gasteiger partial charge on any atom is 0.272 e. The maximum absolute atomic E-state index is 13.6. The van der Waals surface area contributed by atoms with Crippen molar-refractivity contribution in [3.63, 3.8) is 0 Å². The molecule has 0 aliphatic carbocycles. The smallest absolute Gasteiger partial charge is 0.272 e. The lowest BCUT2D eigenvalue weighted by Gasteiger charge is -2.19. The molecule has 3 aromatic rings. The van der Waals surface area contributed by atoms with Crippen molar-refractivity contribution in [2.45, 2.75) is 53.1 Å². The van der Waals surface area contributed by atoms with Crippen molar-refractivity contribution < 1.29 is 40.7 Å². The molecule has 42 heavy (non-hydrogen) atoms. The summed E-state index contributed by atoms with van der Waals surface area (Å²) in [6.07, 6.45) is -8.86. The summed E-state index contributed by atoms with van der Waals surface area (Å²) in [6.45, 7) is 1.91. The number of anilines is 2. The lowest BCUT2D eigenvalue weighted by Crippen LogP contribution is -2.34. The Morgan fingerprint density at radius 2 is 1.69 bits per heavy atom. The number of nitrogens with one attached hydrogen (secondary N) is 3. The number of ether oxygens (including phenoxy) is 1. The zero-order valence-electron chi connectivity index (χ0n) is 22.4. The van der Waals surface area contributed by atoms with Gasteiger partial charge in [-0.3, -0.25) is 14.2 Å². The second kappa shape index (κ2) is 13.7. The van der Waals surface area contributed by atoms with E-state index in [1.165, 1.54) is 6.07 Å². The minimum absolute atomic E-state index is 0.0116. The van der Waals surface area contributed by atoms with Gasteiger partial charge in [-0.1, -0.05) is 50.0 Å². The Bertz CT molecular complexity index is 1450. The van der Waals surface area contributed by atoms with Crippen molar-refractivity contribution in [2.24, 2.45) is 5.41 Å². The van der Waals surface area contributed by atoms with Crippen molar-refractivity contribution in [3.05, 3.63) is 39.4 Å². The van der Waals surface area contributed by atoms with Crippen molar-refractivity contribution in [1.82, 2.24) is 25.2 Å². The largest absolute Gasteiger partial charge is 0.471 e. The molecule has 0 aliphatic rings. The summed E-state index contributed by atoms with van der Waals surface area (Å²) < 4.78 is 84.0. The fourth-order valence-corrected chi connectivity index (χ4v) is 4.05. The van der Waals surface area contributed by atoms with Gasteiger partial charge >= 0.3 is 0 Å². The van der Waals surface area contributed by atoms with Gasteiger partial charge in [-0.05, 0) is 17.7 Å².